The number of amides is 2. The van der Waals surface area contributed by atoms with Crippen LogP contribution in [0.25, 0.3) is 0 Å². The summed E-state index contributed by atoms with van der Waals surface area (Å²) in [6.45, 7) is 9.17. The zero-order valence-corrected chi connectivity index (χ0v) is 23.1. The molecule has 212 valence electrons. The van der Waals surface area contributed by atoms with Gasteiger partial charge in [-0.3, -0.25) is 19.3 Å². The average molecular weight is 533 g/mol. The predicted molar refractivity (Wildman–Crippen MR) is 144 cm³/mol. The fourth-order valence-electron chi connectivity index (χ4n) is 5.59. The number of carboxylic acid groups (broad SMARTS) is 1. The highest BCUT2D eigenvalue weighted by Crippen LogP contribution is 2.42. The molecular weight excluding hydrogens is 488 g/mol. The van der Waals surface area contributed by atoms with Crippen molar-refractivity contribution in [3.8, 4) is 11.5 Å². The monoisotopic (exact) mass is 532 g/mol. The van der Waals surface area contributed by atoms with Gasteiger partial charge in [-0.25, -0.2) is 0 Å². The van der Waals surface area contributed by atoms with Gasteiger partial charge in [0, 0.05) is 51.6 Å². The van der Waals surface area contributed by atoms with Gasteiger partial charge in [-0.05, 0) is 56.8 Å². The number of nitrogens with zero attached hydrogens (tertiary/aromatic N) is 3. The molecule has 1 fully saturated rings. The van der Waals surface area contributed by atoms with Crippen molar-refractivity contribution in [1.82, 2.24) is 14.7 Å². The van der Waals surface area contributed by atoms with Crippen LogP contribution in [0.4, 0.5) is 0 Å². The molecule has 3 N–H and O–H groups in total. The van der Waals surface area contributed by atoms with Crippen LogP contribution < -0.4 is 15.2 Å². The van der Waals surface area contributed by atoms with Crippen LogP contribution in [-0.4, -0.2) is 96.2 Å². The van der Waals surface area contributed by atoms with Gasteiger partial charge in [-0.15, -0.1) is 0 Å². The van der Waals surface area contributed by atoms with Crippen molar-refractivity contribution in [3.63, 3.8) is 0 Å². The Morgan fingerprint density at radius 3 is 2.45 bits per heavy atom. The topological polar surface area (TPSA) is 126 Å². The maximum absolute atomic E-state index is 13.5. The number of likely N-dealkylation sites (tertiary alicyclic amines) is 1. The molecule has 1 aromatic rings. The summed E-state index contributed by atoms with van der Waals surface area (Å²) >= 11 is 0. The van der Waals surface area contributed by atoms with Gasteiger partial charge < -0.3 is 30.1 Å². The van der Waals surface area contributed by atoms with Crippen LogP contribution in [0.2, 0.25) is 0 Å². The Hall–Kier alpha value is -2.85. The second kappa shape index (κ2) is 14.3. The lowest BCUT2D eigenvalue weighted by molar-refractivity contribution is -0.144. The first-order valence-corrected chi connectivity index (χ1v) is 13.9. The van der Waals surface area contributed by atoms with Gasteiger partial charge in [0.1, 0.15) is 0 Å². The fraction of sp³-hybridized carbons (Fsp3) is 0.679. The van der Waals surface area contributed by atoms with Crippen LogP contribution in [-0.2, 0) is 14.4 Å². The molecule has 2 aliphatic rings. The number of nitrogens with two attached hydrogens (primary N) is 1. The van der Waals surface area contributed by atoms with Gasteiger partial charge in [0.05, 0.1) is 12.5 Å². The average Bonchev–Trinajstić information content (AvgIpc) is 3.50. The van der Waals surface area contributed by atoms with Gasteiger partial charge in [0.15, 0.2) is 11.5 Å². The summed E-state index contributed by atoms with van der Waals surface area (Å²) < 4.78 is 11.0. The van der Waals surface area contributed by atoms with Gasteiger partial charge in [-0.1, -0.05) is 19.4 Å². The normalized spacial score (nSPS) is 20.5. The predicted octanol–water partition coefficient (Wildman–Crippen LogP) is 2.51. The molecule has 0 aliphatic carbocycles. The van der Waals surface area contributed by atoms with E-state index >= 15 is 0 Å². The van der Waals surface area contributed by atoms with Crippen molar-refractivity contribution in [3.05, 3.63) is 23.8 Å². The number of hydrogen-bond donors (Lipinski definition) is 2. The SMILES string of the molecule is CCCCN(CCCCN)C(=O)CN1C[C@H](c2ccc3c(c2)OCO3)C(C(=O)O)[C@@H]1CCN(CC)C(C)=O. The molecule has 1 unspecified atom stereocenters. The zero-order valence-electron chi connectivity index (χ0n) is 23.1. The minimum atomic E-state index is -0.899. The molecule has 10 heteroatoms. The lowest BCUT2D eigenvalue weighted by Gasteiger charge is -2.31. The summed E-state index contributed by atoms with van der Waals surface area (Å²) in [6.07, 6.45) is 4.07. The van der Waals surface area contributed by atoms with E-state index in [9.17, 15) is 19.5 Å². The molecule has 38 heavy (non-hydrogen) atoms. The largest absolute Gasteiger partial charge is 0.481 e. The number of aliphatic carboxylic acids is 1. The molecule has 2 heterocycles. The van der Waals surface area contributed by atoms with E-state index in [-0.39, 0.29) is 31.1 Å². The smallest absolute Gasteiger partial charge is 0.308 e. The maximum atomic E-state index is 13.5. The van der Waals surface area contributed by atoms with E-state index in [1.54, 1.807) is 4.90 Å². The van der Waals surface area contributed by atoms with Crippen LogP contribution in [0.5, 0.6) is 11.5 Å². The maximum Gasteiger partial charge on any atom is 0.308 e. The fourth-order valence-corrected chi connectivity index (χ4v) is 5.59. The summed E-state index contributed by atoms with van der Waals surface area (Å²) in [5, 5.41) is 10.4. The molecule has 0 aromatic heterocycles. The first-order valence-electron chi connectivity index (χ1n) is 13.9. The lowest BCUT2D eigenvalue weighted by Crippen LogP contribution is -2.46. The van der Waals surface area contributed by atoms with Crippen LogP contribution in [0.1, 0.15) is 64.4 Å². The number of rotatable bonds is 15. The minimum absolute atomic E-state index is 0.00913. The van der Waals surface area contributed by atoms with Gasteiger partial charge >= 0.3 is 5.97 Å². The van der Waals surface area contributed by atoms with E-state index in [2.05, 4.69) is 6.92 Å². The quantitative estimate of drug-likeness (QED) is 0.330. The number of ether oxygens (including phenoxy) is 2. The second-order valence-electron chi connectivity index (χ2n) is 10.2. The Labute approximate surface area is 226 Å². The van der Waals surface area contributed by atoms with E-state index in [0.717, 1.165) is 31.2 Å². The van der Waals surface area contributed by atoms with Crippen molar-refractivity contribution >= 4 is 17.8 Å². The van der Waals surface area contributed by atoms with Crippen molar-refractivity contribution in [2.75, 3.05) is 52.6 Å². The third kappa shape index (κ3) is 7.38. The van der Waals surface area contributed by atoms with Crippen molar-refractivity contribution in [2.45, 2.75) is 64.8 Å². The number of carbonyl (C=O) groups is 3. The van der Waals surface area contributed by atoms with Crippen LogP contribution >= 0.6 is 0 Å². The number of carboxylic acids is 1. The molecule has 0 bridgehead atoms. The summed E-state index contributed by atoms with van der Waals surface area (Å²) in [4.78, 5) is 43.9. The van der Waals surface area contributed by atoms with Crippen molar-refractivity contribution in [1.29, 1.82) is 0 Å². The first kappa shape index (κ1) is 29.7. The highest BCUT2D eigenvalue weighted by molar-refractivity contribution is 5.79. The third-order valence-corrected chi connectivity index (χ3v) is 7.73. The molecule has 10 nitrogen and oxygen atoms in total. The molecule has 0 spiro atoms. The lowest BCUT2D eigenvalue weighted by atomic mass is 9.84. The van der Waals surface area contributed by atoms with E-state index in [1.807, 2.05) is 34.9 Å². The van der Waals surface area contributed by atoms with Gasteiger partial charge in [-0.2, -0.15) is 0 Å². The minimum Gasteiger partial charge on any atom is -0.481 e. The Morgan fingerprint density at radius 2 is 1.79 bits per heavy atom. The van der Waals surface area contributed by atoms with Gasteiger partial charge in [0.25, 0.3) is 0 Å². The first-order chi connectivity index (χ1) is 18.3. The van der Waals surface area contributed by atoms with E-state index in [4.69, 9.17) is 15.2 Å². The highest BCUT2D eigenvalue weighted by atomic mass is 16.7. The number of carbonyl (C=O) groups excluding carboxylic acids is 2. The molecular formula is C28H44N4O6. The molecule has 2 aliphatic heterocycles. The summed E-state index contributed by atoms with van der Waals surface area (Å²) in [5.74, 6) is -0.732. The van der Waals surface area contributed by atoms with Crippen molar-refractivity contribution in [2.24, 2.45) is 11.7 Å². The van der Waals surface area contributed by atoms with Crippen molar-refractivity contribution < 1.29 is 29.0 Å². The Kier molecular flexibility index (Phi) is 11.2. The van der Waals surface area contributed by atoms with E-state index in [0.29, 0.717) is 57.2 Å². The molecule has 2 amide bonds. The Bertz CT molecular complexity index is 957. The van der Waals surface area contributed by atoms with E-state index in [1.165, 1.54) is 6.92 Å². The third-order valence-electron chi connectivity index (χ3n) is 7.73. The Morgan fingerprint density at radius 1 is 1.05 bits per heavy atom. The standard InChI is InChI=1S/C28H44N4O6/c1-4-6-13-31(14-8-7-12-29)26(34)18-32-17-22(21-9-10-24-25(16-21)38-19-37-24)27(28(35)36)23(32)11-15-30(5-2)20(3)33/h9-10,16,22-23,27H,4-8,11-15,17-19,29H2,1-3H3,(H,35,36)/t22-,23+,27?/m1/s1. The highest BCUT2D eigenvalue weighted by Gasteiger charge is 2.47. The number of hydrogen-bond acceptors (Lipinski definition) is 7. The van der Waals surface area contributed by atoms with Crippen LogP contribution in [0, 0.1) is 5.92 Å². The molecule has 3 rings (SSSR count). The zero-order chi connectivity index (χ0) is 27.7. The second-order valence-corrected chi connectivity index (χ2v) is 10.2. The van der Waals surface area contributed by atoms with Crippen LogP contribution in [0.15, 0.2) is 18.2 Å². The summed E-state index contributed by atoms with van der Waals surface area (Å²) in [7, 11) is 0. The number of unbranched alkanes of at least 4 members (excludes halogenated alkanes) is 2. The number of fused-ring (bicyclic) bond motifs is 1. The number of benzene rings is 1. The molecule has 3 atom stereocenters. The molecule has 1 aromatic carbocycles. The van der Waals surface area contributed by atoms with Crippen LogP contribution in [0.3, 0.4) is 0 Å². The molecule has 1 saturated heterocycles. The summed E-state index contributed by atoms with van der Waals surface area (Å²) in [6, 6.07) is 5.18. The van der Waals surface area contributed by atoms with Gasteiger partial charge in [0.2, 0.25) is 18.6 Å². The van der Waals surface area contributed by atoms with E-state index < -0.39 is 17.9 Å². The Balaban J connectivity index is 1.86. The molecule has 0 saturated carbocycles. The summed E-state index contributed by atoms with van der Waals surface area (Å²) in [5.41, 5.74) is 6.52. The molecule has 0 radical (unpaired) electrons.